The third-order valence-electron chi connectivity index (χ3n) is 3.03. The molecule has 1 unspecified atom stereocenters. The van der Waals surface area contributed by atoms with E-state index in [0.717, 1.165) is 12.8 Å². The van der Waals surface area contributed by atoms with E-state index >= 15 is 0 Å². The van der Waals surface area contributed by atoms with Crippen molar-refractivity contribution in [3.8, 4) is 0 Å². The second-order valence-electron chi connectivity index (χ2n) is 4.60. The second-order valence-corrected chi connectivity index (χ2v) is 4.60. The third-order valence-corrected chi connectivity index (χ3v) is 3.03. The van der Waals surface area contributed by atoms with E-state index in [1.165, 1.54) is 0 Å². The van der Waals surface area contributed by atoms with E-state index in [0.29, 0.717) is 12.5 Å². The first-order valence-corrected chi connectivity index (χ1v) is 5.70. The molecule has 0 aromatic heterocycles. The quantitative estimate of drug-likeness (QED) is 0.722. The summed E-state index contributed by atoms with van der Waals surface area (Å²) in [6.07, 6.45) is 1.46. The van der Waals surface area contributed by atoms with Crippen LogP contribution in [0.3, 0.4) is 0 Å². The van der Waals surface area contributed by atoms with Crippen molar-refractivity contribution in [2.45, 2.75) is 51.9 Å². The molecular formula is C11H22N2O2. The minimum absolute atomic E-state index is 0.00662. The fourth-order valence-electron chi connectivity index (χ4n) is 1.56. The maximum Gasteiger partial charge on any atom is 0.249 e. The number of nitrogens with one attached hydrogen (secondary N) is 1. The topological polar surface area (TPSA) is 64.4 Å². The van der Waals surface area contributed by atoms with Crippen molar-refractivity contribution < 1.29 is 9.53 Å². The highest BCUT2D eigenvalue weighted by Gasteiger charge is 2.30. The molecule has 0 bridgehead atoms. The van der Waals surface area contributed by atoms with Crippen LogP contribution in [0.2, 0.25) is 0 Å². The van der Waals surface area contributed by atoms with Gasteiger partial charge in [0.05, 0.1) is 6.10 Å². The van der Waals surface area contributed by atoms with Gasteiger partial charge in [-0.15, -0.1) is 0 Å². The van der Waals surface area contributed by atoms with Crippen LogP contribution >= 0.6 is 0 Å². The Morgan fingerprint density at radius 3 is 2.60 bits per heavy atom. The highest BCUT2D eigenvalue weighted by Crippen LogP contribution is 2.19. The van der Waals surface area contributed by atoms with E-state index in [-0.39, 0.29) is 24.2 Å². The van der Waals surface area contributed by atoms with Crippen LogP contribution in [0.4, 0.5) is 0 Å². The lowest BCUT2D eigenvalue weighted by atomic mass is 10.1. The van der Waals surface area contributed by atoms with Crippen molar-refractivity contribution in [3.63, 3.8) is 0 Å². The summed E-state index contributed by atoms with van der Waals surface area (Å²) < 4.78 is 5.52. The van der Waals surface area contributed by atoms with Crippen LogP contribution in [0, 0.1) is 5.92 Å². The molecule has 0 aromatic carbocycles. The summed E-state index contributed by atoms with van der Waals surface area (Å²) in [6.45, 7) is 6.69. The number of carbonyl (C=O) groups excluding carboxylic acids is 1. The van der Waals surface area contributed by atoms with Crippen molar-refractivity contribution >= 4 is 5.91 Å². The van der Waals surface area contributed by atoms with Gasteiger partial charge in [-0.25, -0.2) is 0 Å². The zero-order valence-electron chi connectivity index (χ0n) is 9.82. The summed E-state index contributed by atoms with van der Waals surface area (Å²) in [7, 11) is 0. The average molecular weight is 214 g/mol. The number of ether oxygens (including phenoxy) is 1. The molecule has 1 aliphatic heterocycles. The van der Waals surface area contributed by atoms with Gasteiger partial charge in [-0.2, -0.15) is 0 Å². The number of carbonyl (C=O) groups is 1. The summed E-state index contributed by atoms with van der Waals surface area (Å²) in [6, 6.07) is 0.193. The molecule has 0 radical (unpaired) electrons. The Hall–Kier alpha value is -0.610. The molecule has 1 heterocycles. The van der Waals surface area contributed by atoms with Crippen LogP contribution in [0.15, 0.2) is 0 Å². The monoisotopic (exact) mass is 214 g/mol. The minimum Gasteiger partial charge on any atom is -0.364 e. The molecule has 0 spiro atoms. The van der Waals surface area contributed by atoms with Gasteiger partial charge in [0.15, 0.2) is 0 Å². The standard InChI is InChI=1S/C11H22N2O2/c1-7(2)8(3)13-11(14)10-5-4-9(6-12)15-10/h7-10H,4-6,12H2,1-3H3,(H,13,14)/t8?,9-,10+/m1/s1. The summed E-state index contributed by atoms with van der Waals surface area (Å²) >= 11 is 0. The van der Waals surface area contributed by atoms with Crippen molar-refractivity contribution in [3.05, 3.63) is 0 Å². The number of hydrogen-bond donors (Lipinski definition) is 2. The lowest BCUT2D eigenvalue weighted by Crippen LogP contribution is -2.42. The van der Waals surface area contributed by atoms with Crippen LogP contribution in [-0.2, 0) is 9.53 Å². The van der Waals surface area contributed by atoms with Gasteiger partial charge in [0.25, 0.3) is 0 Å². The maximum atomic E-state index is 11.7. The fraction of sp³-hybridized carbons (Fsp3) is 0.909. The van der Waals surface area contributed by atoms with Gasteiger partial charge in [-0.1, -0.05) is 13.8 Å². The van der Waals surface area contributed by atoms with Crippen molar-refractivity contribution in [1.29, 1.82) is 0 Å². The predicted octanol–water partition coefficient (Wildman–Crippen LogP) is 0.653. The Labute approximate surface area is 91.5 Å². The lowest BCUT2D eigenvalue weighted by molar-refractivity contribution is -0.132. The van der Waals surface area contributed by atoms with Crippen LogP contribution in [0.5, 0.6) is 0 Å². The Balaban J connectivity index is 2.35. The molecule has 4 heteroatoms. The molecular weight excluding hydrogens is 192 g/mol. The molecule has 88 valence electrons. The number of rotatable bonds is 4. The van der Waals surface area contributed by atoms with E-state index in [2.05, 4.69) is 19.2 Å². The number of amides is 1. The summed E-state index contributed by atoms with van der Waals surface area (Å²) in [5.74, 6) is 0.452. The largest absolute Gasteiger partial charge is 0.364 e. The molecule has 0 saturated carbocycles. The molecule has 3 N–H and O–H groups in total. The first-order chi connectivity index (χ1) is 7.04. The zero-order valence-corrected chi connectivity index (χ0v) is 9.82. The molecule has 1 amide bonds. The van der Waals surface area contributed by atoms with Crippen LogP contribution in [0.1, 0.15) is 33.6 Å². The van der Waals surface area contributed by atoms with Gasteiger partial charge in [0, 0.05) is 12.6 Å². The molecule has 1 saturated heterocycles. The third kappa shape index (κ3) is 3.47. The van der Waals surface area contributed by atoms with Crippen LogP contribution in [-0.4, -0.2) is 30.7 Å². The highest BCUT2D eigenvalue weighted by molar-refractivity contribution is 5.81. The van der Waals surface area contributed by atoms with Gasteiger partial charge in [0.2, 0.25) is 5.91 Å². The Bertz CT molecular complexity index is 219. The Morgan fingerprint density at radius 2 is 2.13 bits per heavy atom. The van der Waals surface area contributed by atoms with Gasteiger partial charge < -0.3 is 15.8 Å². The Kier molecular flexibility index (Phi) is 4.54. The van der Waals surface area contributed by atoms with Crippen molar-refractivity contribution in [1.82, 2.24) is 5.32 Å². The molecule has 1 rings (SSSR count). The van der Waals surface area contributed by atoms with E-state index in [9.17, 15) is 4.79 Å². The van der Waals surface area contributed by atoms with Crippen molar-refractivity contribution in [2.24, 2.45) is 11.7 Å². The van der Waals surface area contributed by atoms with Gasteiger partial charge in [-0.05, 0) is 25.7 Å². The van der Waals surface area contributed by atoms with E-state index in [1.807, 2.05) is 6.92 Å². The van der Waals surface area contributed by atoms with Crippen molar-refractivity contribution in [2.75, 3.05) is 6.54 Å². The van der Waals surface area contributed by atoms with Crippen LogP contribution < -0.4 is 11.1 Å². The number of hydrogen-bond acceptors (Lipinski definition) is 3. The smallest absolute Gasteiger partial charge is 0.249 e. The maximum absolute atomic E-state index is 11.7. The van der Waals surface area contributed by atoms with Gasteiger partial charge in [0.1, 0.15) is 6.10 Å². The molecule has 0 aliphatic carbocycles. The summed E-state index contributed by atoms with van der Waals surface area (Å²) in [4.78, 5) is 11.7. The van der Waals surface area contributed by atoms with E-state index in [1.54, 1.807) is 0 Å². The molecule has 0 aromatic rings. The molecule has 1 aliphatic rings. The first-order valence-electron chi connectivity index (χ1n) is 5.70. The predicted molar refractivity (Wildman–Crippen MR) is 59.4 cm³/mol. The molecule has 15 heavy (non-hydrogen) atoms. The highest BCUT2D eigenvalue weighted by atomic mass is 16.5. The lowest BCUT2D eigenvalue weighted by Gasteiger charge is -2.20. The van der Waals surface area contributed by atoms with E-state index < -0.39 is 0 Å². The Morgan fingerprint density at radius 1 is 1.47 bits per heavy atom. The van der Waals surface area contributed by atoms with Crippen LogP contribution in [0.25, 0.3) is 0 Å². The second kappa shape index (κ2) is 5.47. The normalized spacial score (nSPS) is 28.1. The van der Waals surface area contributed by atoms with E-state index in [4.69, 9.17) is 10.5 Å². The molecule has 4 nitrogen and oxygen atoms in total. The SMILES string of the molecule is CC(C)C(C)NC(=O)[C@@H]1CC[C@H](CN)O1. The number of nitrogens with two attached hydrogens (primary N) is 1. The fourth-order valence-corrected chi connectivity index (χ4v) is 1.56. The molecule has 3 atom stereocenters. The average Bonchev–Trinajstić information content (AvgIpc) is 2.65. The summed E-state index contributed by atoms with van der Waals surface area (Å²) in [5.41, 5.74) is 5.49. The first kappa shape index (κ1) is 12.5. The zero-order chi connectivity index (χ0) is 11.4. The minimum atomic E-state index is -0.292. The molecule has 1 fully saturated rings. The van der Waals surface area contributed by atoms with Gasteiger partial charge in [-0.3, -0.25) is 4.79 Å². The summed E-state index contributed by atoms with van der Waals surface area (Å²) in [5, 5.41) is 2.96. The van der Waals surface area contributed by atoms with Gasteiger partial charge >= 0.3 is 0 Å².